The molecule has 0 heterocycles. The molecule has 0 atom stereocenters. The van der Waals surface area contributed by atoms with Crippen molar-refractivity contribution in [3.8, 4) is 0 Å². The van der Waals surface area contributed by atoms with Crippen LogP contribution in [0.3, 0.4) is 0 Å². The van der Waals surface area contributed by atoms with Crippen molar-refractivity contribution in [2.75, 3.05) is 42.3 Å². The molecule has 1 aromatic rings. The maximum absolute atomic E-state index is 5.95. The van der Waals surface area contributed by atoms with Crippen molar-refractivity contribution in [2.45, 2.75) is 6.16 Å². The fraction of sp³-hybridized carbons (Fsp3) is 0.538. The molecule has 0 amide bonds. The van der Waals surface area contributed by atoms with E-state index in [0.29, 0.717) is 0 Å². The summed E-state index contributed by atoms with van der Waals surface area (Å²) in [5.74, 6) is 0. The Labute approximate surface area is 117 Å². The van der Waals surface area contributed by atoms with Crippen molar-refractivity contribution >= 4 is 19.3 Å². The highest BCUT2D eigenvalue weighted by molar-refractivity contribution is 7.68. The molecule has 0 N–H and O–H groups in total. The molecule has 0 aromatic heterocycles. The standard InChI is InChI=1S/C13H24ClN3P/c1-15(2)18(16(3)4,17(5)6)11-12-7-9-13(14)10-8-12/h7-10H,11H2,1-6H3/q+1. The van der Waals surface area contributed by atoms with Gasteiger partial charge in [0.25, 0.3) is 0 Å². The van der Waals surface area contributed by atoms with E-state index in [-0.39, 0.29) is 0 Å². The van der Waals surface area contributed by atoms with E-state index in [0.717, 1.165) is 11.2 Å². The van der Waals surface area contributed by atoms with Gasteiger partial charge in [-0.15, -0.1) is 0 Å². The Balaban J connectivity index is 3.08. The maximum Gasteiger partial charge on any atom is 0.230 e. The minimum atomic E-state index is -1.49. The quantitative estimate of drug-likeness (QED) is 0.770. The second-order valence-corrected chi connectivity index (χ2v) is 9.56. The van der Waals surface area contributed by atoms with Gasteiger partial charge in [0.2, 0.25) is 7.71 Å². The third-order valence-corrected chi connectivity index (χ3v) is 8.11. The topological polar surface area (TPSA) is 9.72 Å². The average Bonchev–Trinajstić information content (AvgIpc) is 2.26. The molecule has 0 aliphatic rings. The third kappa shape index (κ3) is 3.23. The van der Waals surface area contributed by atoms with Crippen molar-refractivity contribution in [3.05, 3.63) is 34.9 Å². The molecule has 0 radical (unpaired) electrons. The number of benzene rings is 1. The first-order chi connectivity index (χ1) is 8.30. The first kappa shape index (κ1) is 15.9. The van der Waals surface area contributed by atoms with E-state index >= 15 is 0 Å². The van der Waals surface area contributed by atoms with E-state index in [9.17, 15) is 0 Å². The van der Waals surface area contributed by atoms with Gasteiger partial charge in [-0.3, -0.25) is 0 Å². The van der Waals surface area contributed by atoms with Gasteiger partial charge in [-0.05, 0) is 17.7 Å². The van der Waals surface area contributed by atoms with Crippen molar-refractivity contribution in [2.24, 2.45) is 0 Å². The van der Waals surface area contributed by atoms with Gasteiger partial charge in [0, 0.05) is 47.3 Å². The Morgan fingerprint density at radius 2 is 1.22 bits per heavy atom. The van der Waals surface area contributed by atoms with Crippen molar-refractivity contribution in [3.63, 3.8) is 0 Å². The SMILES string of the molecule is CN(C)[P+](Cc1ccc(Cl)cc1)(N(C)C)N(C)C. The lowest BCUT2D eigenvalue weighted by molar-refractivity contribution is 0.457. The Kier molecular flexibility index (Phi) is 5.57. The predicted octanol–water partition coefficient (Wildman–Crippen LogP) is 3.29. The summed E-state index contributed by atoms with van der Waals surface area (Å²) < 4.78 is 7.05. The lowest BCUT2D eigenvalue weighted by atomic mass is 10.2. The summed E-state index contributed by atoms with van der Waals surface area (Å²) in [7, 11) is 11.4. The summed E-state index contributed by atoms with van der Waals surface area (Å²) in [6.45, 7) is 0. The summed E-state index contributed by atoms with van der Waals surface area (Å²) >= 11 is 5.95. The van der Waals surface area contributed by atoms with E-state index < -0.39 is 7.71 Å². The van der Waals surface area contributed by atoms with Crippen LogP contribution >= 0.6 is 19.3 Å². The van der Waals surface area contributed by atoms with Gasteiger partial charge in [-0.25, -0.2) is 0 Å². The zero-order valence-corrected chi connectivity index (χ0v) is 13.8. The van der Waals surface area contributed by atoms with Gasteiger partial charge < -0.3 is 0 Å². The van der Waals surface area contributed by atoms with Crippen LogP contribution in [-0.4, -0.2) is 56.3 Å². The minimum absolute atomic E-state index is 0.794. The average molecular weight is 289 g/mol. The van der Waals surface area contributed by atoms with Gasteiger partial charge in [-0.2, -0.15) is 14.0 Å². The molecule has 0 saturated carbocycles. The normalized spacial score (nSPS) is 12.8. The fourth-order valence-electron chi connectivity index (χ4n) is 2.33. The van der Waals surface area contributed by atoms with Gasteiger partial charge in [0.05, 0.1) is 0 Å². The van der Waals surface area contributed by atoms with Gasteiger partial charge >= 0.3 is 0 Å². The third-order valence-electron chi connectivity index (χ3n) is 3.23. The van der Waals surface area contributed by atoms with Crippen LogP contribution in [0.1, 0.15) is 5.56 Å². The van der Waals surface area contributed by atoms with Crippen LogP contribution in [0, 0.1) is 0 Å². The van der Waals surface area contributed by atoms with Crippen LogP contribution in [0.4, 0.5) is 0 Å². The molecule has 5 heteroatoms. The van der Waals surface area contributed by atoms with E-state index in [2.05, 4.69) is 68.4 Å². The van der Waals surface area contributed by atoms with Gasteiger partial charge in [-0.1, -0.05) is 23.7 Å². The van der Waals surface area contributed by atoms with Gasteiger partial charge in [0.15, 0.2) is 0 Å². The Morgan fingerprint density at radius 3 is 1.56 bits per heavy atom. The van der Waals surface area contributed by atoms with E-state index in [1.165, 1.54) is 5.56 Å². The molecule has 0 fully saturated rings. The van der Waals surface area contributed by atoms with Crippen LogP contribution in [0.2, 0.25) is 5.02 Å². The molecule has 0 unspecified atom stereocenters. The predicted molar refractivity (Wildman–Crippen MR) is 83.1 cm³/mol. The Bertz CT molecular complexity index is 355. The van der Waals surface area contributed by atoms with Crippen molar-refractivity contribution < 1.29 is 0 Å². The maximum atomic E-state index is 5.95. The Morgan fingerprint density at radius 1 is 0.833 bits per heavy atom. The van der Waals surface area contributed by atoms with Crippen molar-refractivity contribution in [1.82, 2.24) is 14.0 Å². The number of hydrogen-bond acceptors (Lipinski definition) is 3. The highest BCUT2D eigenvalue weighted by Gasteiger charge is 2.47. The number of nitrogens with zero attached hydrogens (tertiary/aromatic N) is 3. The van der Waals surface area contributed by atoms with Crippen LogP contribution in [0.25, 0.3) is 0 Å². The number of halogens is 1. The first-order valence-corrected chi connectivity index (χ1v) is 8.17. The highest BCUT2D eigenvalue weighted by atomic mass is 35.5. The lowest BCUT2D eigenvalue weighted by Crippen LogP contribution is -2.37. The monoisotopic (exact) mass is 288 g/mol. The molecule has 0 bridgehead atoms. The molecule has 102 valence electrons. The minimum Gasteiger partial charge on any atom is -0.154 e. The van der Waals surface area contributed by atoms with Crippen LogP contribution in [0.5, 0.6) is 0 Å². The summed E-state index contributed by atoms with van der Waals surface area (Å²) in [5.41, 5.74) is 1.32. The summed E-state index contributed by atoms with van der Waals surface area (Å²) in [5, 5.41) is 0.794. The van der Waals surface area contributed by atoms with Crippen LogP contribution in [0.15, 0.2) is 24.3 Å². The van der Waals surface area contributed by atoms with E-state index in [1.807, 2.05) is 12.1 Å². The second-order valence-electron chi connectivity index (χ2n) is 5.02. The summed E-state index contributed by atoms with van der Waals surface area (Å²) in [6, 6.07) is 8.17. The molecule has 0 aliphatic heterocycles. The van der Waals surface area contributed by atoms with E-state index in [1.54, 1.807) is 0 Å². The summed E-state index contributed by atoms with van der Waals surface area (Å²) in [6.07, 6.45) is 1.02. The van der Waals surface area contributed by atoms with Crippen LogP contribution < -0.4 is 0 Å². The number of rotatable bonds is 5. The lowest BCUT2D eigenvalue weighted by Gasteiger charge is -2.40. The Hall–Kier alpha value is -0.180. The molecule has 1 aromatic carbocycles. The zero-order chi connectivity index (χ0) is 13.9. The highest BCUT2D eigenvalue weighted by Crippen LogP contribution is 2.65. The number of hydrogen-bond donors (Lipinski definition) is 0. The van der Waals surface area contributed by atoms with Crippen LogP contribution in [-0.2, 0) is 6.16 Å². The summed E-state index contributed by atoms with van der Waals surface area (Å²) in [4.78, 5) is 0. The molecule has 18 heavy (non-hydrogen) atoms. The largest absolute Gasteiger partial charge is 0.230 e. The van der Waals surface area contributed by atoms with Gasteiger partial charge in [0.1, 0.15) is 6.16 Å². The van der Waals surface area contributed by atoms with Crippen molar-refractivity contribution in [1.29, 1.82) is 0 Å². The fourth-order valence-corrected chi connectivity index (χ4v) is 6.15. The van der Waals surface area contributed by atoms with E-state index in [4.69, 9.17) is 11.6 Å². The molecular weight excluding hydrogens is 265 g/mol. The molecule has 0 spiro atoms. The molecule has 0 aliphatic carbocycles. The smallest absolute Gasteiger partial charge is 0.154 e. The first-order valence-electron chi connectivity index (χ1n) is 5.96. The zero-order valence-electron chi connectivity index (χ0n) is 12.2. The molecule has 1 rings (SSSR count). The molecule has 3 nitrogen and oxygen atoms in total. The molecular formula is C13H24ClN3P+. The second kappa shape index (κ2) is 6.31. The molecule has 0 saturated heterocycles.